The van der Waals surface area contributed by atoms with Crippen LogP contribution in [-0.2, 0) is 13.2 Å². The molecule has 1 aliphatic heterocycles. The van der Waals surface area contributed by atoms with Crippen molar-refractivity contribution in [2.75, 3.05) is 24.5 Å². The van der Waals surface area contributed by atoms with E-state index in [1.54, 1.807) is 13.1 Å². The summed E-state index contributed by atoms with van der Waals surface area (Å²) in [6.07, 6.45) is -4.38. The fraction of sp³-hybridized carbons (Fsp3) is 0.360. The predicted molar refractivity (Wildman–Crippen MR) is 126 cm³/mol. The van der Waals surface area contributed by atoms with Gasteiger partial charge in [-0.3, -0.25) is 9.69 Å². The minimum Gasteiger partial charge on any atom is -0.364 e. The van der Waals surface area contributed by atoms with Crippen LogP contribution in [0.15, 0.2) is 41.2 Å². The van der Waals surface area contributed by atoms with Crippen LogP contribution < -0.4 is 10.5 Å². The van der Waals surface area contributed by atoms with Gasteiger partial charge >= 0.3 is 6.18 Å². The number of aryl methyl sites for hydroxylation is 1. The van der Waals surface area contributed by atoms with Gasteiger partial charge in [0.05, 0.1) is 11.1 Å². The number of fused-ring (bicyclic) bond motifs is 1. The third-order valence-corrected chi connectivity index (χ3v) is 6.64. The molecule has 0 aliphatic carbocycles. The minimum atomic E-state index is -4.38. The summed E-state index contributed by atoms with van der Waals surface area (Å²) in [5.41, 5.74) is 1.02. The zero-order valence-electron chi connectivity index (χ0n) is 19.5. The normalized spacial score (nSPS) is 17.7. The molecule has 0 spiro atoms. The molecule has 0 saturated carbocycles. The highest BCUT2D eigenvalue weighted by atomic mass is 19.4. The van der Waals surface area contributed by atoms with Gasteiger partial charge < -0.3 is 14.3 Å². The molecule has 2 atom stereocenters. The van der Waals surface area contributed by atoms with Crippen molar-refractivity contribution >= 4 is 22.5 Å². The Labute approximate surface area is 200 Å². The summed E-state index contributed by atoms with van der Waals surface area (Å²) in [4.78, 5) is 24.9. The average molecular weight is 480 g/mol. The van der Waals surface area contributed by atoms with E-state index in [0.29, 0.717) is 36.4 Å². The smallest absolute Gasteiger partial charge is 0.364 e. The number of hydrogen-bond acceptors (Lipinski definition) is 5. The Balaban J connectivity index is 1.66. The lowest BCUT2D eigenvalue weighted by Crippen LogP contribution is -2.53. The Morgan fingerprint density at radius 3 is 2.46 bits per heavy atom. The molecule has 3 heterocycles. The first-order valence-electron chi connectivity index (χ1n) is 11.1. The number of benzene rings is 1. The highest BCUT2D eigenvalue weighted by Gasteiger charge is 2.33. The molecule has 0 N–H and O–H groups in total. The molecule has 1 fully saturated rings. The van der Waals surface area contributed by atoms with Crippen LogP contribution in [0.2, 0.25) is 0 Å². The maximum atomic E-state index is 12.9. The Bertz CT molecular complexity index is 1420. The largest absolute Gasteiger partial charge is 0.416 e. The molecule has 1 saturated heterocycles. The van der Waals surface area contributed by atoms with Crippen molar-refractivity contribution < 1.29 is 13.2 Å². The molecule has 10 heteroatoms. The van der Waals surface area contributed by atoms with E-state index in [2.05, 4.69) is 14.7 Å². The second-order valence-electron chi connectivity index (χ2n) is 8.68. The highest BCUT2D eigenvalue weighted by molar-refractivity contribution is 5.92. The van der Waals surface area contributed by atoms with Gasteiger partial charge in [0, 0.05) is 38.8 Å². The van der Waals surface area contributed by atoms with Crippen LogP contribution >= 0.6 is 0 Å². The molecule has 0 bridgehead atoms. The van der Waals surface area contributed by atoms with Gasteiger partial charge in [-0.1, -0.05) is 18.7 Å². The highest BCUT2D eigenvalue weighted by Crippen LogP contribution is 2.34. The van der Waals surface area contributed by atoms with Crippen molar-refractivity contribution in [3.05, 3.63) is 74.9 Å². The Hall–Kier alpha value is -3.89. The second kappa shape index (κ2) is 9.05. The van der Waals surface area contributed by atoms with Crippen LogP contribution in [0.1, 0.15) is 36.6 Å². The molecule has 3 aromatic rings. The van der Waals surface area contributed by atoms with Gasteiger partial charge in [0.25, 0.3) is 11.4 Å². The molecule has 1 aliphatic rings. The molecule has 2 aromatic heterocycles. The van der Waals surface area contributed by atoms with Crippen molar-refractivity contribution in [1.29, 1.82) is 5.26 Å². The topological polar surface area (TPSA) is 69.5 Å². The van der Waals surface area contributed by atoms with E-state index < -0.39 is 17.3 Å². The summed E-state index contributed by atoms with van der Waals surface area (Å²) in [6.45, 7) is 12.8. The number of nitrogens with zero attached hydrogens (tertiary/aromatic N) is 6. The molecule has 0 amide bonds. The van der Waals surface area contributed by atoms with Crippen LogP contribution in [-0.4, -0.2) is 40.1 Å². The van der Waals surface area contributed by atoms with Crippen LogP contribution in [0, 0.1) is 17.9 Å². The molecule has 0 radical (unpaired) electrons. The first-order valence-corrected chi connectivity index (χ1v) is 11.1. The summed E-state index contributed by atoms with van der Waals surface area (Å²) < 4.78 is 40.2. The lowest BCUT2D eigenvalue weighted by atomic mass is 10.0. The van der Waals surface area contributed by atoms with E-state index in [0.717, 1.165) is 17.7 Å². The van der Waals surface area contributed by atoms with E-state index in [-0.39, 0.29) is 23.5 Å². The van der Waals surface area contributed by atoms with Crippen molar-refractivity contribution in [3.63, 3.8) is 0 Å². The Morgan fingerprint density at radius 2 is 1.89 bits per heavy atom. The van der Waals surface area contributed by atoms with Crippen molar-refractivity contribution in [2.24, 2.45) is 7.05 Å². The second-order valence-corrected chi connectivity index (χ2v) is 8.68. The molecule has 1 aromatic carbocycles. The molecule has 7 nitrogen and oxygen atoms in total. The van der Waals surface area contributed by atoms with Crippen LogP contribution in [0.25, 0.3) is 15.9 Å². The summed E-state index contributed by atoms with van der Waals surface area (Å²) in [7, 11) is 1.57. The lowest BCUT2D eigenvalue weighted by Gasteiger charge is -2.44. The number of hydrogen-bond donors (Lipinski definition) is 0. The average Bonchev–Trinajstić information content (AvgIpc) is 2.84. The number of rotatable bonds is 3. The van der Waals surface area contributed by atoms with E-state index in [4.69, 9.17) is 6.57 Å². The number of anilines is 1. The van der Waals surface area contributed by atoms with Gasteiger partial charge in [-0.2, -0.15) is 18.4 Å². The van der Waals surface area contributed by atoms with E-state index in [9.17, 15) is 23.2 Å². The number of alkyl halides is 3. The van der Waals surface area contributed by atoms with Gasteiger partial charge in [-0.15, -0.1) is 4.98 Å². The predicted octanol–water partition coefficient (Wildman–Crippen LogP) is 4.65. The van der Waals surface area contributed by atoms with E-state index >= 15 is 0 Å². The van der Waals surface area contributed by atoms with Crippen molar-refractivity contribution in [3.8, 4) is 6.07 Å². The van der Waals surface area contributed by atoms with Crippen molar-refractivity contribution in [1.82, 2.24) is 14.5 Å². The number of piperazine rings is 1. The van der Waals surface area contributed by atoms with Crippen LogP contribution in [0.4, 0.5) is 24.7 Å². The van der Waals surface area contributed by atoms with Gasteiger partial charge in [0.2, 0.25) is 5.52 Å². The van der Waals surface area contributed by atoms with Crippen molar-refractivity contribution in [2.45, 2.75) is 32.1 Å². The third kappa shape index (κ3) is 4.33. The van der Waals surface area contributed by atoms with Crippen LogP contribution in [0.3, 0.4) is 0 Å². The molecular formula is C25H23F3N6O. The Kier molecular flexibility index (Phi) is 6.27. The fourth-order valence-corrected chi connectivity index (χ4v) is 4.75. The quantitative estimate of drug-likeness (QED) is 0.511. The Morgan fingerprint density at radius 1 is 1.20 bits per heavy atom. The molecule has 1 unspecified atom stereocenters. The summed E-state index contributed by atoms with van der Waals surface area (Å²) in [5.74, 6) is 0.170. The first kappa shape index (κ1) is 24.2. The molecule has 35 heavy (non-hydrogen) atoms. The lowest BCUT2D eigenvalue weighted by molar-refractivity contribution is -0.137. The molecular weight excluding hydrogens is 457 g/mol. The monoisotopic (exact) mass is 480 g/mol. The van der Waals surface area contributed by atoms with E-state index in [1.807, 2.05) is 24.8 Å². The van der Waals surface area contributed by atoms with Gasteiger partial charge in [0.1, 0.15) is 17.3 Å². The summed E-state index contributed by atoms with van der Waals surface area (Å²) in [5, 5.41) is 9.81. The third-order valence-electron chi connectivity index (χ3n) is 6.64. The summed E-state index contributed by atoms with van der Waals surface area (Å²) in [6, 6.07) is 10.3. The van der Waals surface area contributed by atoms with Crippen LogP contribution in [0.5, 0.6) is 0 Å². The SMILES string of the molecule is [C-]#[N+]c1ccc2c(n1)c(N1CCN(C(C)c3ccc(C(F)(F)F)cc3)[C@H](C)C1)c(C#N)c(=O)n2C. The van der Waals surface area contributed by atoms with Gasteiger partial charge in [0.15, 0.2) is 0 Å². The zero-order chi connectivity index (χ0) is 25.5. The molecule has 180 valence electrons. The summed E-state index contributed by atoms with van der Waals surface area (Å²) >= 11 is 0. The maximum absolute atomic E-state index is 12.9. The fourth-order valence-electron chi connectivity index (χ4n) is 4.75. The zero-order valence-corrected chi connectivity index (χ0v) is 19.5. The maximum Gasteiger partial charge on any atom is 0.416 e. The number of pyridine rings is 2. The van der Waals surface area contributed by atoms with Gasteiger partial charge in [-0.05, 0) is 43.7 Å². The minimum absolute atomic E-state index is 0.0222. The number of aromatic nitrogens is 2. The standard InChI is InChI=1S/C25H23F3N6O/c1-15-14-33(11-12-34(15)16(2)17-5-7-18(8-6-17)25(26,27)28)23-19(13-29)24(35)32(4)20-9-10-21(30-3)31-22(20)23/h5-10,15-16H,11-12,14H2,1-2,4H3/t15-,16?/m1/s1. The van der Waals surface area contributed by atoms with Gasteiger partial charge in [-0.25, -0.2) is 0 Å². The van der Waals surface area contributed by atoms with E-state index in [1.165, 1.54) is 22.8 Å². The first-order chi connectivity index (χ1) is 16.6. The number of halogens is 3. The molecule has 4 rings (SSSR count). The number of nitriles is 1.